The number of carbonyl (C=O) groups excluding carboxylic acids is 2. The van der Waals surface area contributed by atoms with Crippen molar-refractivity contribution in [1.29, 1.82) is 0 Å². The fourth-order valence-electron chi connectivity index (χ4n) is 6.04. The predicted octanol–water partition coefficient (Wildman–Crippen LogP) is 6.21. The zero-order valence-corrected chi connectivity index (χ0v) is 29.3. The van der Waals surface area contributed by atoms with E-state index in [0.29, 0.717) is 40.5 Å². The van der Waals surface area contributed by atoms with Gasteiger partial charge in [-0.05, 0) is 59.9 Å². The molecule has 1 heterocycles. The fraction of sp³-hybridized carbons (Fsp3) is 0.333. The lowest BCUT2D eigenvalue weighted by Crippen LogP contribution is -2.53. The number of halogens is 3. The van der Waals surface area contributed by atoms with Crippen molar-refractivity contribution in [3.63, 3.8) is 0 Å². The topological polar surface area (TPSA) is 156 Å². The van der Waals surface area contributed by atoms with Gasteiger partial charge in [0.2, 0.25) is 10.0 Å². The van der Waals surface area contributed by atoms with E-state index in [4.69, 9.17) is 16.2 Å². The second-order valence-corrected chi connectivity index (χ2v) is 15.3. The number of rotatable bonds is 14. The van der Waals surface area contributed by atoms with Gasteiger partial charge in [-0.1, -0.05) is 73.5 Å². The first-order chi connectivity index (χ1) is 24.3. The summed E-state index contributed by atoms with van der Waals surface area (Å²) >= 11 is 0.530. The van der Waals surface area contributed by atoms with Gasteiger partial charge in [-0.15, -0.1) is 11.3 Å². The summed E-state index contributed by atoms with van der Waals surface area (Å²) in [6.45, 7) is -0.754. The first-order valence-corrected chi connectivity index (χ1v) is 18.4. The van der Waals surface area contributed by atoms with Gasteiger partial charge in [-0.25, -0.2) is 18.1 Å². The van der Waals surface area contributed by atoms with Gasteiger partial charge < -0.3 is 21.3 Å². The number of aliphatic hydroxyl groups excluding tert-OH is 1. The number of alkyl halides is 3. The Morgan fingerprint density at radius 2 is 1.47 bits per heavy atom. The molecule has 1 aliphatic carbocycles. The third-order valence-corrected chi connectivity index (χ3v) is 12.0. The minimum atomic E-state index is -5.21. The van der Waals surface area contributed by atoms with Crippen LogP contribution < -0.4 is 11.5 Å². The molecule has 3 aromatic carbocycles. The van der Waals surface area contributed by atoms with Crippen molar-refractivity contribution >= 4 is 39.0 Å². The Balaban J connectivity index is 1.54. The summed E-state index contributed by atoms with van der Waals surface area (Å²) < 4.78 is 79.0. The molecule has 5 N–H and O–H groups in total. The molecule has 1 fully saturated rings. The molecular weight excluding hydrogens is 706 g/mol. The summed E-state index contributed by atoms with van der Waals surface area (Å²) in [5.41, 5.74) is 13.7. The van der Waals surface area contributed by atoms with E-state index >= 15 is 13.2 Å². The molecule has 0 saturated heterocycles. The summed E-state index contributed by atoms with van der Waals surface area (Å²) in [6, 6.07) is 19.0. The highest BCUT2D eigenvalue weighted by atomic mass is 32.2. The first-order valence-electron chi connectivity index (χ1n) is 16.2. The number of benzene rings is 3. The smallest absolute Gasteiger partial charge is 0.417 e. The molecular formula is C36H39F3N4O6S2. The summed E-state index contributed by atoms with van der Waals surface area (Å²) in [6.07, 6.45) is -4.46. The SMILES string of the molecule is COC(=O)N(C(=O)[C@@H](N)C(c1ccccc1)c1ccccc1)[C@H](c1ccc([C@@H](CO)N(CCC2CC2)S(=O)(=O)c2ccc(N)cc2)s1)C(F)(F)F. The zero-order valence-electron chi connectivity index (χ0n) is 27.6. The molecule has 10 nitrogen and oxygen atoms in total. The zero-order chi connectivity index (χ0) is 36.9. The van der Waals surface area contributed by atoms with Crippen molar-refractivity contribution in [3.8, 4) is 0 Å². The van der Waals surface area contributed by atoms with Crippen LogP contribution in [0.4, 0.5) is 23.7 Å². The van der Waals surface area contributed by atoms with Gasteiger partial charge in [0.15, 0.2) is 6.04 Å². The Morgan fingerprint density at radius 3 is 1.96 bits per heavy atom. The second kappa shape index (κ2) is 15.9. The van der Waals surface area contributed by atoms with Gasteiger partial charge in [0, 0.05) is 27.9 Å². The summed E-state index contributed by atoms with van der Waals surface area (Å²) in [5, 5.41) is 10.6. The third kappa shape index (κ3) is 8.61. The molecule has 2 amide bonds. The van der Waals surface area contributed by atoms with Crippen LogP contribution in [-0.2, 0) is 19.6 Å². The van der Waals surface area contributed by atoms with Crippen LogP contribution in [-0.4, -0.2) is 67.2 Å². The molecule has 0 unspecified atom stereocenters. The normalized spacial score (nSPS) is 15.4. The summed E-state index contributed by atoms with van der Waals surface area (Å²) in [7, 11) is -3.40. The van der Waals surface area contributed by atoms with E-state index in [1.807, 2.05) is 0 Å². The molecule has 0 aliphatic heterocycles. The molecule has 1 aliphatic rings. The molecule has 4 aromatic rings. The van der Waals surface area contributed by atoms with E-state index in [1.165, 1.54) is 30.3 Å². The highest BCUT2D eigenvalue weighted by molar-refractivity contribution is 7.89. The number of anilines is 1. The largest absolute Gasteiger partial charge is 0.452 e. The number of thiophene rings is 1. The number of hydrogen-bond donors (Lipinski definition) is 3. The Morgan fingerprint density at radius 1 is 0.922 bits per heavy atom. The van der Waals surface area contributed by atoms with Gasteiger partial charge >= 0.3 is 12.3 Å². The second-order valence-electron chi connectivity index (χ2n) is 12.3. The Labute approximate surface area is 298 Å². The van der Waals surface area contributed by atoms with E-state index in [0.717, 1.165) is 30.3 Å². The molecule has 51 heavy (non-hydrogen) atoms. The molecule has 1 saturated carbocycles. The number of aliphatic hydroxyl groups is 1. The first kappa shape index (κ1) is 38.0. The van der Waals surface area contributed by atoms with Crippen molar-refractivity contribution in [1.82, 2.24) is 9.21 Å². The summed E-state index contributed by atoms with van der Waals surface area (Å²) in [5.74, 6) is -1.98. The maximum absolute atomic E-state index is 15.1. The van der Waals surface area contributed by atoms with Crippen molar-refractivity contribution in [2.24, 2.45) is 11.7 Å². The van der Waals surface area contributed by atoms with Gasteiger partial charge in [-0.3, -0.25) is 4.79 Å². The average molecular weight is 745 g/mol. The molecule has 5 rings (SSSR count). The van der Waals surface area contributed by atoms with Crippen molar-refractivity contribution < 1.29 is 41.0 Å². The number of carbonyl (C=O) groups is 2. The van der Waals surface area contributed by atoms with Crippen LogP contribution in [0.3, 0.4) is 0 Å². The van der Waals surface area contributed by atoms with Crippen molar-refractivity contribution in [2.45, 2.75) is 54.4 Å². The van der Waals surface area contributed by atoms with E-state index in [1.54, 1.807) is 60.7 Å². The van der Waals surface area contributed by atoms with Gasteiger partial charge in [-0.2, -0.15) is 17.5 Å². The number of sulfonamides is 1. The predicted molar refractivity (Wildman–Crippen MR) is 187 cm³/mol. The number of methoxy groups -OCH3 is 1. The lowest BCUT2D eigenvalue weighted by molar-refractivity contribution is -0.186. The molecule has 1 aromatic heterocycles. The minimum Gasteiger partial charge on any atom is -0.452 e. The Bertz CT molecular complexity index is 1850. The number of nitrogen functional groups attached to an aromatic ring is 1. The number of imide groups is 1. The lowest BCUT2D eigenvalue weighted by Gasteiger charge is -2.34. The van der Waals surface area contributed by atoms with Crippen LogP contribution in [0.1, 0.15) is 58.1 Å². The molecule has 0 radical (unpaired) electrons. The van der Waals surface area contributed by atoms with Crippen LogP contribution in [0.5, 0.6) is 0 Å². The Kier molecular flexibility index (Phi) is 11.9. The number of hydrogen-bond acceptors (Lipinski definition) is 9. The summed E-state index contributed by atoms with van der Waals surface area (Å²) in [4.78, 5) is 26.8. The van der Waals surface area contributed by atoms with Gasteiger partial charge in [0.1, 0.15) is 0 Å². The monoisotopic (exact) mass is 744 g/mol. The van der Waals surface area contributed by atoms with Gasteiger partial charge in [0.05, 0.1) is 30.7 Å². The Hall–Kier alpha value is -4.28. The van der Waals surface area contributed by atoms with Crippen molar-refractivity contribution in [3.05, 3.63) is 118 Å². The minimum absolute atomic E-state index is 0.000517. The number of nitrogens with zero attached hydrogens (tertiary/aromatic N) is 2. The van der Waals surface area contributed by atoms with Crippen LogP contribution in [0.25, 0.3) is 0 Å². The van der Waals surface area contributed by atoms with Crippen LogP contribution in [0.2, 0.25) is 0 Å². The maximum Gasteiger partial charge on any atom is 0.417 e. The van der Waals surface area contributed by atoms with Gasteiger partial charge in [0.25, 0.3) is 5.91 Å². The van der Waals surface area contributed by atoms with E-state index in [-0.39, 0.29) is 21.2 Å². The molecule has 3 atom stereocenters. The molecule has 0 bridgehead atoms. The maximum atomic E-state index is 15.1. The number of amides is 2. The highest BCUT2D eigenvalue weighted by Gasteiger charge is 2.52. The lowest BCUT2D eigenvalue weighted by atomic mass is 9.84. The van der Waals surface area contributed by atoms with E-state index in [2.05, 4.69) is 0 Å². The quantitative estimate of drug-likeness (QED) is 0.129. The standard InChI is InChI=1S/C36H39F3N4O6S2/c1-49-35(46)43(34(45)32(41)31(24-8-4-2-5-9-24)25-10-6-3-7-11-25)33(36(37,38)39)30-19-18-29(50-30)28(22-44)42(21-20-23-12-13-23)51(47,48)27-16-14-26(40)15-17-27/h2-11,14-19,23,28,31-33,44H,12-13,20-22,40-41H2,1H3/t28-,32+,33-/m1/s1. The van der Waals surface area contributed by atoms with Crippen molar-refractivity contribution in [2.75, 3.05) is 26.0 Å². The van der Waals surface area contributed by atoms with Crippen LogP contribution in [0, 0.1) is 5.92 Å². The van der Waals surface area contributed by atoms with Crippen LogP contribution >= 0.6 is 11.3 Å². The van der Waals surface area contributed by atoms with E-state index in [9.17, 15) is 23.1 Å². The molecule has 272 valence electrons. The number of nitrogens with two attached hydrogens (primary N) is 2. The molecule has 0 spiro atoms. The average Bonchev–Trinajstić information content (AvgIpc) is 3.83. The third-order valence-electron chi connectivity index (χ3n) is 8.85. The fourth-order valence-corrected chi connectivity index (χ4v) is 8.95. The molecule has 15 heteroatoms. The highest BCUT2D eigenvalue weighted by Crippen LogP contribution is 2.44. The van der Waals surface area contributed by atoms with E-state index < -0.39 is 63.7 Å². The number of ether oxygens (including phenoxy) is 1. The van der Waals surface area contributed by atoms with Crippen LogP contribution in [0.15, 0.2) is 102 Å².